The van der Waals surface area contributed by atoms with Crippen molar-refractivity contribution in [2.45, 2.75) is 51.1 Å². The molecule has 1 saturated carbocycles. The lowest BCUT2D eigenvalue weighted by Crippen LogP contribution is -2.43. The number of hydrogen-bond donors (Lipinski definition) is 2. The number of rotatable bonds is 3. The highest BCUT2D eigenvalue weighted by atomic mass is 35.5. The minimum absolute atomic E-state index is 0.169. The fourth-order valence-corrected chi connectivity index (χ4v) is 3.07. The Hall–Kier alpha value is -0.800. The van der Waals surface area contributed by atoms with E-state index in [2.05, 4.69) is 23.6 Å². The van der Waals surface area contributed by atoms with E-state index < -0.39 is 0 Å². The van der Waals surface area contributed by atoms with E-state index in [0.29, 0.717) is 6.04 Å². The van der Waals surface area contributed by atoms with E-state index in [1.807, 2.05) is 18.2 Å². The van der Waals surface area contributed by atoms with Crippen molar-refractivity contribution < 1.29 is 0 Å². The van der Waals surface area contributed by atoms with Gasteiger partial charge in [-0.2, -0.15) is 0 Å². The molecule has 0 heterocycles. The Morgan fingerprint density at radius 1 is 1.32 bits per heavy atom. The van der Waals surface area contributed by atoms with Crippen LogP contribution in [0.25, 0.3) is 0 Å². The third-order valence-electron chi connectivity index (χ3n) is 3.64. The maximum Gasteiger partial charge on any atom is 0.166 e. The Morgan fingerprint density at radius 3 is 2.74 bits per heavy atom. The largest absolute Gasteiger partial charge is 0.360 e. The van der Waals surface area contributed by atoms with Crippen molar-refractivity contribution in [3.8, 4) is 0 Å². The van der Waals surface area contributed by atoms with Gasteiger partial charge in [-0.3, -0.25) is 0 Å². The van der Waals surface area contributed by atoms with E-state index in [1.54, 1.807) is 0 Å². The second-order valence-electron chi connectivity index (χ2n) is 5.23. The summed E-state index contributed by atoms with van der Waals surface area (Å²) in [6.45, 7) is 2.10. The third kappa shape index (κ3) is 4.66. The normalized spacial score (nSPS) is 17.8. The van der Waals surface area contributed by atoms with Gasteiger partial charge >= 0.3 is 0 Å². The van der Waals surface area contributed by atoms with Gasteiger partial charge in [0.25, 0.3) is 0 Å². The Bertz CT molecular complexity index is 430. The molecule has 4 heteroatoms. The van der Waals surface area contributed by atoms with Crippen molar-refractivity contribution in [3.05, 3.63) is 34.9 Å². The molecule has 19 heavy (non-hydrogen) atoms. The minimum Gasteiger partial charge on any atom is -0.360 e. The number of nitrogens with one attached hydrogen (secondary N) is 2. The highest BCUT2D eigenvalue weighted by molar-refractivity contribution is 7.80. The van der Waals surface area contributed by atoms with E-state index in [4.69, 9.17) is 23.8 Å². The summed E-state index contributed by atoms with van der Waals surface area (Å²) in [6.07, 6.45) is 6.44. The standard InChI is InChI=1S/C15H21ClN2S/c1-11(12-6-5-7-13(16)10-12)17-15(19)18-14-8-3-2-4-9-14/h5-7,10-11,14H,2-4,8-9H2,1H3,(H2,17,18,19)/t11-/m1/s1. The minimum atomic E-state index is 0.169. The van der Waals surface area contributed by atoms with Crippen LogP contribution in [0.5, 0.6) is 0 Å². The zero-order chi connectivity index (χ0) is 13.7. The molecular weight excluding hydrogens is 276 g/mol. The summed E-state index contributed by atoms with van der Waals surface area (Å²) < 4.78 is 0. The van der Waals surface area contributed by atoms with Crippen molar-refractivity contribution in [1.29, 1.82) is 0 Å². The lowest BCUT2D eigenvalue weighted by Gasteiger charge is -2.26. The first-order valence-electron chi connectivity index (χ1n) is 6.97. The van der Waals surface area contributed by atoms with Crippen molar-refractivity contribution in [1.82, 2.24) is 10.6 Å². The van der Waals surface area contributed by atoms with E-state index >= 15 is 0 Å². The third-order valence-corrected chi connectivity index (χ3v) is 4.11. The SMILES string of the molecule is C[C@@H](NC(=S)NC1CCCCC1)c1cccc(Cl)c1. The average Bonchev–Trinajstić information content (AvgIpc) is 2.39. The van der Waals surface area contributed by atoms with E-state index in [9.17, 15) is 0 Å². The van der Waals surface area contributed by atoms with Crippen LogP contribution in [0, 0.1) is 0 Å². The Kier molecular flexibility index (Phi) is 5.46. The molecule has 2 rings (SSSR count). The average molecular weight is 297 g/mol. The fourth-order valence-electron chi connectivity index (χ4n) is 2.53. The molecule has 1 aliphatic rings. The molecule has 104 valence electrons. The van der Waals surface area contributed by atoms with Crippen molar-refractivity contribution in [2.75, 3.05) is 0 Å². The second kappa shape index (κ2) is 7.11. The highest BCUT2D eigenvalue weighted by Gasteiger charge is 2.15. The summed E-state index contributed by atoms with van der Waals surface area (Å²) in [4.78, 5) is 0. The second-order valence-corrected chi connectivity index (χ2v) is 6.07. The zero-order valence-corrected chi connectivity index (χ0v) is 12.9. The first-order valence-corrected chi connectivity index (χ1v) is 7.76. The zero-order valence-electron chi connectivity index (χ0n) is 11.3. The van der Waals surface area contributed by atoms with Gasteiger partial charge in [0.05, 0.1) is 6.04 Å². The Labute approximate surface area is 125 Å². The predicted molar refractivity (Wildman–Crippen MR) is 85.6 cm³/mol. The molecule has 1 aromatic rings. The number of hydrogen-bond acceptors (Lipinski definition) is 1. The molecule has 1 atom stereocenters. The molecule has 0 radical (unpaired) electrons. The first kappa shape index (κ1) is 14.6. The molecule has 0 unspecified atom stereocenters. The van der Waals surface area contributed by atoms with Gasteiger partial charge < -0.3 is 10.6 Å². The van der Waals surface area contributed by atoms with Crippen LogP contribution in [0.15, 0.2) is 24.3 Å². The molecule has 2 nitrogen and oxygen atoms in total. The van der Waals surface area contributed by atoms with Gasteiger partial charge in [0, 0.05) is 11.1 Å². The van der Waals surface area contributed by atoms with Crippen molar-refractivity contribution >= 4 is 28.9 Å². The molecule has 0 saturated heterocycles. The van der Waals surface area contributed by atoms with Crippen LogP contribution in [-0.2, 0) is 0 Å². The predicted octanol–water partition coefficient (Wildman–Crippen LogP) is 4.20. The summed E-state index contributed by atoms with van der Waals surface area (Å²) in [7, 11) is 0. The van der Waals surface area contributed by atoms with Crippen LogP contribution in [0.4, 0.5) is 0 Å². The number of halogens is 1. The van der Waals surface area contributed by atoms with Gasteiger partial charge in [-0.1, -0.05) is 43.0 Å². The van der Waals surface area contributed by atoms with E-state index in [1.165, 1.54) is 32.1 Å². The number of benzene rings is 1. The van der Waals surface area contributed by atoms with Crippen molar-refractivity contribution in [2.24, 2.45) is 0 Å². The lowest BCUT2D eigenvalue weighted by molar-refractivity contribution is 0.411. The molecular formula is C15H21ClN2S. The van der Waals surface area contributed by atoms with Gasteiger partial charge in [0.2, 0.25) is 0 Å². The molecule has 0 aromatic heterocycles. The van der Waals surface area contributed by atoms with Gasteiger partial charge in [-0.25, -0.2) is 0 Å². The summed E-state index contributed by atoms with van der Waals surface area (Å²) in [6, 6.07) is 8.60. The van der Waals surface area contributed by atoms with Gasteiger partial charge in [-0.05, 0) is 49.7 Å². The molecule has 2 N–H and O–H groups in total. The van der Waals surface area contributed by atoms with E-state index in [0.717, 1.165) is 15.7 Å². The van der Waals surface area contributed by atoms with Crippen LogP contribution in [-0.4, -0.2) is 11.2 Å². The molecule has 0 aliphatic heterocycles. The van der Waals surface area contributed by atoms with Crippen LogP contribution >= 0.6 is 23.8 Å². The van der Waals surface area contributed by atoms with E-state index in [-0.39, 0.29) is 6.04 Å². The molecule has 0 amide bonds. The number of thiocarbonyl (C=S) groups is 1. The van der Waals surface area contributed by atoms with Crippen molar-refractivity contribution in [3.63, 3.8) is 0 Å². The summed E-state index contributed by atoms with van der Waals surface area (Å²) in [5.74, 6) is 0. The Balaban J connectivity index is 1.84. The lowest BCUT2D eigenvalue weighted by atomic mass is 9.96. The Morgan fingerprint density at radius 2 is 2.05 bits per heavy atom. The summed E-state index contributed by atoms with van der Waals surface area (Å²) in [5.41, 5.74) is 1.15. The molecule has 1 aliphatic carbocycles. The molecule has 0 bridgehead atoms. The summed E-state index contributed by atoms with van der Waals surface area (Å²) in [5, 5.41) is 8.26. The topological polar surface area (TPSA) is 24.1 Å². The fraction of sp³-hybridized carbons (Fsp3) is 0.533. The van der Waals surface area contributed by atoms with Gasteiger partial charge in [0.1, 0.15) is 0 Å². The molecule has 1 fully saturated rings. The van der Waals surface area contributed by atoms with Crippen LogP contribution in [0.3, 0.4) is 0 Å². The van der Waals surface area contributed by atoms with Crippen LogP contribution in [0.2, 0.25) is 5.02 Å². The van der Waals surface area contributed by atoms with Crippen LogP contribution in [0.1, 0.15) is 50.6 Å². The first-order chi connectivity index (χ1) is 9.15. The summed E-state index contributed by atoms with van der Waals surface area (Å²) >= 11 is 11.4. The quantitative estimate of drug-likeness (QED) is 0.818. The van der Waals surface area contributed by atoms with Crippen LogP contribution < -0.4 is 10.6 Å². The monoisotopic (exact) mass is 296 g/mol. The maximum atomic E-state index is 6.00. The van der Waals surface area contributed by atoms with Gasteiger partial charge in [0.15, 0.2) is 5.11 Å². The molecule has 1 aromatic carbocycles. The smallest absolute Gasteiger partial charge is 0.166 e. The molecule has 0 spiro atoms. The highest BCUT2D eigenvalue weighted by Crippen LogP contribution is 2.19. The van der Waals surface area contributed by atoms with Gasteiger partial charge in [-0.15, -0.1) is 0 Å². The maximum absolute atomic E-state index is 6.00.